The summed E-state index contributed by atoms with van der Waals surface area (Å²) in [5, 5.41) is 16.8. The fourth-order valence-corrected chi connectivity index (χ4v) is 3.30. The van der Waals surface area contributed by atoms with Gasteiger partial charge in [0.1, 0.15) is 5.76 Å². The standard InChI is InChI=1S/C19H14FN7O2/c1-8-16(23-9(2)29-8)19(28)24-13-4-10(5-14-15(13)17(20)26-25-14)11-3-12-7-22-27-18(12)21-6-11/h3-7H,1-2H3,(H,24,28)(H,25,26)(H,21,22,27). The zero-order chi connectivity index (χ0) is 20.1. The van der Waals surface area contributed by atoms with Gasteiger partial charge in [0.25, 0.3) is 5.91 Å². The fourth-order valence-electron chi connectivity index (χ4n) is 3.30. The molecule has 3 N–H and O–H groups in total. The summed E-state index contributed by atoms with van der Waals surface area (Å²) in [6.45, 7) is 3.29. The number of halogens is 1. The lowest BCUT2D eigenvalue weighted by Gasteiger charge is -2.09. The zero-order valence-electron chi connectivity index (χ0n) is 15.4. The summed E-state index contributed by atoms with van der Waals surface area (Å²) in [5.41, 5.74) is 3.01. The molecular formula is C19H14FN7O2. The van der Waals surface area contributed by atoms with Crippen molar-refractivity contribution in [2.45, 2.75) is 13.8 Å². The Morgan fingerprint density at radius 3 is 2.79 bits per heavy atom. The van der Waals surface area contributed by atoms with Crippen LogP contribution in [0.15, 0.2) is 35.0 Å². The number of hydrogen-bond donors (Lipinski definition) is 3. The molecule has 4 aromatic heterocycles. The van der Waals surface area contributed by atoms with E-state index in [0.29, 0.717) is 22.8 Å². The van der Waals surface area contributed by atoms with E-state index in [1.807, 2.05) is 6.07 Å². The maximum absolute atomic E-state index is 14.3. The van der Waals surface area contributed by atoms with E-state index >= 15 is 0 Å². The number of nitrogens with one attached hydrogen (secondary N) is 3. The number of benzene rings is 1. The summed E-state index contributed by atoms with van der Waals surface area (Å²) in [6, 6.07) is 5.32. The quantitative estimate of drug-likeness (QED) is 0.432. The highest BCUT2D eigenvalue weighted by Gasteiger charge is 2.20. The Bertz CT molecular complexity index is 1400. The smallest absolute Gasteiger partial charge is 0.277 e. The van der Waals surface area contributed by atoms with Crippen LogP contribution in [0.2, 0.25) is 0 Å². The molecule has 0 aliphatic rings. The van der Waals surface area contributed by atoms with E-state index in [9.17, 15) is 9.18 Å². The minimum absolute atomic E-state index is 0.145. The van der Waals surface area contributed by atoms with Gasteiger partial charge in [0.15, 0.2) is 17.2 Å². The van der Waals surface area contributed by atoms with E-state index in [2.05, 4.69) is 35.7 Å². The highest BCUT2D eigenvalue weighted by atomic mass is 19.1. The lowest BCUT2D eigenvalue weighted by Crippen LogP contribution is -2.14. The summed E-state index contributed by atoms with van der Waals surface area (Å²) < 4.78 is 19.6. The van der Waals surface area contributed by atoms with Crippen LogP contribution in [-0.4, -0.2) is 36.3 Å². The number of oxazole rings is 1. The van der Waals surface area contributed by atoms with Crippen LogP contribution in [0.3, 0.4) is 0 Å². The van der Waals surface area contributed by atoms with Gasteiger partial charge in [0.2, 0.25) is 5.95 Å². The number of hydrogen-bond acceptors (Lipinski definition) is 6. The number of aryl methyl sites for hydroxylation is 2. The van der Waals surface area contributed by atoms with E-state index in [-0.39, 0.29) is 16.8 Å². The third-order valence-electron chi connectivity index (χ3n) is 4.61. The molecule has 5 rings (SSSR count). The summed E-state index contributed by atoms with van der Waals surface area (Å²) >= 11 is 0. The first kappa shape index (κ1) is 17.0. The molecule has 0 unspecified atom stereocenters. The first-order chi connectivity index (χ1) is 14.0. The maximum atomic E-state index is 14.3. The van der Waals surface area contributed by atoms with Crippen LogP contribution in [0.1, 0.15) is 22.1 Å². The van der Waals surface area contributed by atoms with Gasteiger partial charge in [-0.2, -0.15) is 9.49 Å². The van der Waals surface area contributed by atoms with Crippen molar-refractivity contribution in [2.75, 3.05) is 5.32 Å². The molecule has 0 saturated heterocycles. The molecule has 0 aliphatic carbocycles. The number of rotatable bonds is 3. The first-order valence-electron chi connectivity index (χ1n) is 8.72. The molecule has 0 fully saturated rings. The van der Waals surface area contributed by atoms with Crippen molar-refractivity contribution < 1.29 is 13.6 Å². The number of pyridine rings is 1. The number of aromatic nitrogens is 6. The number of amides is 1. The summed E-state index contributed by atoms with van der Waals surface area (Å²) in [6.07, 6.45) is 3.34. The molecule has 144 valence electrons. The van der Waals surface area contributed by atoms with Gasteiger partial charge in [-0.25, -0.2) is 9.97 Å². The van der Waals surface area contributed by atoms with E-state index < -0.39 is 11.9 Å². The van der Waals surface area contributed by atoms with Crippen molar-refractivity contribution in [1.82, 2.24) is 30.4 Å². The largest absolute Gasteiger partial charge is 0.445 e. The first-order valence-corrected chi connectivity index (χ1v) is 8.72. The fraction of sp³-hybridized carbons (Fsp3) is 0.105. The molecule has 0 bridgehead atoms. The van der Waals surface area contributed by atoms with Crippen molar-refractivity contribution in [1.29, 1.82) is 0 Å². The average molecular weight is 391 g/mol. The molecule has 0 atom stereocenters. The number of H-pyrrole nitrogens is 2. The van der Waals surface area contributed by atoms with Gasteiger partial charge in [-0.1, -0.05) is 0 Å². The van der Waals surface area contributed by atoms with Crippen LogP contribution in [0.5, 0.6) is 0 Å². The molecule has 0 saturated carbocycles. The predicted octanol–water partition coefficient (Wildman–Crippen LogP) is 3.50. The molecule has 1 amide bonds. The van der Waals surface area contributed by atoms with Gasteiger partial charge in [0, 0.05) is 24.1 Å². The topological polar surface area (TPSA) is 125 Å². The summed E-state index contributed by atoms with van der Waals surface area (Å²) in [5.74, 6) is -0.449. The Hall–Kier alpha value is -4.08. The van der Waals surface area contributed by atoms with Crippen LogP contribution in [-0.2, 0) is 0 Å². The Morgan fingerprint density at radius 2 is 2.00 bits per heavy atom. The molecule has 0 radical (unpaired) electrons. The van der Waals surface area contributed by atoms with Gasteiger partial charge < -0.3 is 9.73 Å². The molecule has 29 heavy (non-hydrogen) atoms. The number of anilines is 1. The van der Waals surface area contributed by atoms with Crippen molar-refractivity contribution in [3.05, 3.63) is 53.9 Å². The SMILES string of the molecule is Cc1nc(C(=O)Nc2cc(-c3cnc4[nH]ncc4c3)cc3[nH]nc(F)c23)c(C)o1. The van der Waals surface area contributed by atoms with Crippen molar-refractivity contribution in [2.24, 2.45) is 0 Å². The number of carbonyl (C=O) groups is 1. The Balaban J connectivity index is 1.62. The molecule has 0 aliphatic heterocycles. The van der Waals surface area contributed by atoms with Crippen LogP contribution in [0.25, 0.3) is 33.1 Å². The number of fused-ring (bicyclic) bond motifs is 2. The molecule has 9 nitrogen and oxygen atoms in total. The minimum atomic E-state index is -0.710. The van der Waals surface area contributed by atoms with E-state index in [1.165, 1.54) is 0 Å². The van der Waals surface area contributed by atoms with Gasteiger partial charge in [0.05, 0.1) is 22.8 Å². The van der Waals surface area contributed by atoms with Crippen molar-refractivity contribution in [3.8, 4) is 11.1 Å². The molecule has 10 heteroatoms. The number of aromatic amines is 2. The second-order valence-corrected chi connectivity index (χ2v) is 6.58. The van der Waals surface area contributed by atoms with Gasteiger partial charge in [-0.05, 0) is 30.7 Å². The third kappa shape index (κ3) is 2.81. The van der Waals surface area contributed by atoms with Crippen molar-refractivity contribution in [3.63, 3.8) is 0 Å². The van der Waals surface area contributed by atoms with Crippen molar-refractivity contribution >= 4 is 33.5 Å². The van der Waals surface area contributed by atoms with E-state index in [0.717, 1.165) is 16.5 Å². The molecule has 1 aromatic carbocycles. The highest BCUT2D eigenvalue weighted by Crippen LogP contribution is 2.32. The van der Waals surface area contributed by atoms with Crippen LogP contribution >= 0.6 is 0 Å². The molecule has 0 spiro atoms. The Morgan fingerprint density at radius 1 is 1.14 bits per heavy atom. The monoisotopic (exact) mass is 391 g/mol. The van der Waals surface area contributed by atoms with E-state index in [1.54, 1.807) is 38.4 Å². The molecular weight excluding hydrogens is 377 g/mol. The zero-order valence-corrected chi connectivity index (χ0v) is 15.4. The lowest BCUT2D eigenvalue weighted by atomic mass is 10.0. The summed E-state index contributed by atoms with van der Waals surface area (Å²) in [7, 11) is 0. The van der Waals surface area contributed by atoms with Gasteiger partial charge in [-0.15, -0.1) is 5.10 Å². The Kier molecular flexibility index (Phi) is 3.66. The lowest BCUT2D eigenvalue weighted by molar-refractivity contribution is 0.102. The number of carbonyl (C=O) groups excluding carboxylic acids is 1. The van der Waals surface area contributed by atoms with Gasteiger partial charge >= 0.3 is 0 Å². The maximum Gasteiger partial charge on any atom is 0.277 e. The third-order valence-corrected chi connectivity index (χ3v) is 4.61. The predicted molar refractivity (Wildman–Crippen MR) is 103 cm³/mol. The van der Waals surface area contributed by atoms with Crippen LogP contribution in [0, 0.1) is 19.8 Å². The normalized spacial score (nSPS) is 11.4. The average Bonchev–Trinajstić information content (AvgIpc) is 3.39. The number of nitrogens with zero attached hydrogens (tertiary/aromatic N) is 4. The van der Waals surface area contributed by atoms with E-state index in [4.69, 9.17) is 4.42 Å². The van der Waals surface area contributed by atoms with Crippen LogP contribution < -0.4 is 5.32 Å². The highest BCUT2D eigenvalue weighted by molar-refractivity contribution is 6.09. The molecule has 4 heterocycles. The van der Waals surface area contributed by atoms with Crippen LogP contribution in [0.4, 0.5) is 10.1 Å². The second-order valence-electron chi connectivity index (χ2n) is 6.58. The second kappa shape index (κ2) is 6.23. The van der Waals surface area contributed by atoms with Gasteiger partial charge in [-0.3, -0.25) is 15.0 Å². The minimum Gasteiger partial charge on any atom is -0.445 e. The molecule has 5 aromatic rings. The summed E-state index contributed by atoms with van der Waals surface area (Å²) in [4.78, 5) is 21.1. The Labute approximate surface area is 162 Å².